The quantitative estimate of drug-likeness (QED) is 0.433. The van der Waals surface area contributed by atoms with Crippen molar-refractivity contribution < 1.29 is 4.79 Å². The molecular weight excluding hydrogens is 368 g/mol. The summed E-state index contributed by atoms with van der Waals surface area (Å²) >= 11 is 0. The first-order chi connectivity index (χ1) is 14.6. The highest BCUT2D eigenvalue weighted by Crippen LogP contribution is 2.36. The Morgan fingerprint density at radius 2 is 0.767 bits per heavy atom. The highest BCUT2D eigenvalue weighted by Gasteiger charge is 2.31. The van der Waals surface area contributed by atoms with Crippen molar-refractivity contribution in [3.8, 4) is 0 Å². The zero-order valence-electron chi connectivity index (χ0n) is 16.6. The molecule has 3 heteroatoms. The van der Waals surface area contributed by atoms with E-state index >= 15 is 0 Å². The number of hydrogen-bond donors (Lipinski definition) is 2. The maximum Gasteiger partial charge on any atom is 0.156 e. The van der Waals surface area contributed by atoms with Gasteiger partial charge in [-0.3, -0.25) is 4.79 Å². The Balaban J connectivity index is 1.86. The predicted molar refractivity (Wildman–Crippen MR) is 123 cm³/mol. The number of Topliss-reactive ketones (excluding diaryl/α,β-unsaturated/α-hetero) is 1. The fourth-order valence-electron chi connectivity index (χ4n) is 3.88. The number of nitrogens with two attached hydrogens (primary N) is 2. The number of benzene rings is 4. The van der Waals surface area contributed by atoms with E-state index in [-0.39, 0.29) is 5.78 Å². The van der Waals surface area contributed by atoms with Gasteiger partial charge < -0.3 is 11.5 Å². The molecular formula is C27H24N2O. The van der Waals surface area contributed by atoms with Crippen LogP contribution >= 0.6 is 0 Å². The molecule has 0 aliphatic carbocycles. The standard InChI is InChI=1S/C27H24N2O/c28-23-15-11-21(12-16-23)25(19-7-3-1-4-8-19)27(30)26(20-9-5-2-6-10-20)22-13-17-24(29)18-14-22/h1-18,25-26H,28-29H2. The van der Waals surface area contributed by atoms with Gasteiger partial charge in [0.1, 0.15) is 0 Å². The summed E-state index contributed by atoms with van der Waals surface area (Å²) in [4.78, 5) is 14.2. The van der Waals surface area contributed by atoms with Crippen molar-refractivity contribution in [2.24, 2.45) is 0 Å². The lowest BCUT2D eigenvalue weighted by Gasteiger charge is -2.24. The smallest absolute Gasteiger partial charge is 0.156 e. The maximum absolute atomic E-state index is 14.2. The topological polar surface area (TPSA) is 69.1 Å². The Hall–Kier alpha value is -3.85. The molecule has 0 heterocycles. The third-order valence-corrected chi connectivity index (χ3v) is 5.37. The van der Waals surface area contributed by atoms with Gasteiger partial charge in [0.15, 0.2) is 5.78 Å². The van der Waals surface area contributed by atoms with Gasteiger partial charge >= 0.3 is 0 Å². The molecule has 4 aromatic carbocycles. The van der Waals surface area contributed by atoms with Crippen LogP contribution in [0.1, 0.15) is 34.1 Å². The van der Waals surface area contributed by atoms with E-state index in [4.69, 9.17) is 11.5 Å². The summed E-state index contributed by atoms with van der Waals surface area (Å²) in [6, 6.07) is 34.9. The first-order valence-corrected chi connectivity index (χ1v) is 9.98. The van der Waals surface area contributed by atoms with Crippen molar-refractivity contribution in [1.29, 1.82) is 0 Å². The molecule has 4 N–H and O–H groups in total. The molecule has 0 saturated carbocycles. The third-order valence-electron chi connectivity index (χ3n) is 5.37. The number of carbonyl (C=O) groups excluding carboxylic acids is 1. The minimum absolute atomic E-state index is 0.113. The lowest BCUT2D eigenvalue weighted by Crippen LogP contribution is -2.23. The average Bonchev–Trinajstić information content (AvgIpc) is 2.78. The Kier molecular flexibility index (Phi) is 5.62. The van der Waals surface area contributed by atoms with E-state index in [1.807, 2.05) is 109 Å². The number of anilines is 2. The van der Waals surface area contributed by atoms with Crippen LogP contribution in [0.5, 0.6) is 0 Å². The van der Waals surface area contributed by atoms with Crippen LogP contribution in [0.25, 0.3) is 0 Å². The van der Waals surface area contributed by atoms with Crippen LogP contribution in [0.3, 0.4) is 0 Å². The molecule has 3 nitrogen and oxygen atoms in total. The van der Waals surface area contributed by atoms with E-state index in [1.165, 1.54) is 0 Å². The molecule has 2 unspecified atom stereocenters. The molecule has 0 fully saturated rings. The molecule has 148 valence electrons. The molecule has 2 atom stereocenters. The van der Waals surface area contributed by atoms with Crippen molar-refractivity contribution in [3.05, 3.63) is 131 Å². The van der Waals surface area contributed by atoms with Crippen molar-refractivity contribution in [3.63, 3.8) is 0 Å². The van der Waals surface area contributed by atoms with Crippen LogP contribution < -0.4 is 11.5 Å². The van der Waals surface area contributed by atoms with Crippen LogP contribution in [0, 0.1) is 0 Å². The summed E-state index contributed by atoms with van der Waals surface area (Å²) < 4.78 is 0. The van der Waals surface area contributed by atoms with Crippen LogP contribution in [-0.4, -0.2) is 5.78 Å². The largest absolute Gasteiger partial charge is 0.399 e. The molecule has 30 heavy (non-hydrogen) atoms. The maximum atomic E-state index is 14.2. The predicted octanol–water partition coefficient (Wildman–Crippen LogP) is 5.38. The monoisotopic (exact) mass is 392 g/mol. The van der Waals surface area contributed by atoms with Crippen LogP contribution in [0.15, 0.2) is 109 Å². The van der Waals surface area contributed by atoms with Crippen LogP contribution in [0.2, 0.25) is 0 Å². The zero-order chi connectivity index (χ0) is 20.9. The molecule has 0 bridgehead atoms. The molecule has 4 rings (SSSR count). The van der Waals surface area contributed by atoms with Gasteiger partial charge in [-0.25, -0.2) is 0 Å². The van der Waals surface area contributed by atoms with Gasteiger partial charge in [0.25, 0.3) is 0 Å². The summed E-state index contributed by atoms with van der Waals surface area (Å²) in [5.41, 5.74) is 16.9. The molecule has 4 aromatic rings. The summed E-state index contributed by atoms with van der Waals surface area (Å²) in [5, 5.41) is 0. The summed E-state index contributed by atoms with van der Waals surface area (Å²) in [7, 11) is 0. The van der Waals surface area contributed by atoms with Gasteiger partial charge in [-0.15, -0.1) is 0 Å². The van der Waals surface area contributed by atoms with E-state index in [1.54, 1.807) is 0 Å². The van der Waals surface area contributed by atoms with Crippen molar-refractivity contribution in [1.82, 2.24) is 0 Å². The number of hydrogen-bond acceptors (Lipinski definition) is 3. The van der Waals surface area contributed by atoms with Gasteiger partial charge in [-0.2, -0.15) is 0 Å². The van der Waals surface area contributed by atoms with Gasteiger partial charge in [0, 0.05) is 11.4 Å². The van der Waals surface area contributed by atoms with Gasteiger partial charge in [-0.05, 0) is 46.5 Å². The first-order valence-electron chi connectivity index (χ1n) is 9.98. The van der Waals surface area contributed by atoms with Crippen molar-refractivity contribution >= 4 is 17.2 Å². The molecule has 0 radical (unpaired) electrons. The lowest BCUT2D eigenvalue weighted by molar-refractivity contribution is -0.120. The second-order valence-electron chi connectivity index (χ2n) is 7.42. The minimum Gasteiger partial charge on any atom is -0.399 e. The highest BCUT2D eigenvalue weighted by atomic mass is 16.1. The summed E-state index contributed by atoms with van der Waals surface area (Å²) in [6.07, 6.45) is 0. The van der Waals surface area contributed by atoms with Gasteiger partial charge in [-0.1, -0.05) is 84.9 Å². The molecule has 0 spiro atoms. The van der Waals surface area contributed by atoms with Crippen LogP contribution in [0.4, 0.5) is 11.4 Å². The van der Waals surface area contributed by atoms with E-state index in [2.05, 4.69) is 0 Å². The van der Waals surface area contributed by atoms with Crippen molar-refractivity contribution in [2.75, 3.05) is 11.5 Å². The third kappa shape index (κ3) is 4.11. The average molecular weight is 393 g/mol. The Bertz CT molecular complexity index is 1010. The second kappa shape index (κ2) is 8.66. The number of ketones is 1. The Morgan fingerprint density at radius 3 is 1.10 bits per heavy atom. The van der Waals surface area contributed by atoms with Crippen LogP contribution in [-0.2, 0) is 4.79 Å². The molecule has 0 aliphatic rings. The SMILES string of the molecule is Nc1ccc(C(C(=O)C(c2ccccc2)c2ccc(N)cc2)c2ccccc2)cc1. The molecule has 0 amide bonds. The molecule has 0 aliphatic heterocycles. The van der Waals surface area contributed by atoms with E-state index in [0.717, 1.165) is 22.3 Å². The second-order valence-corrected chi connectivity index (χ2v) is 7.42. The summed E-state index contributed by atoms with van der Waals surface area (Å²) in [6.45, 7) is 0. The van der Waals surface area contributed by atoms with Gasteiger partial charge in [0.05, 0.1) is 11.8 Å². The summed E-state index contributed by atoms with van der Waals surface area (Å²) in [5.74, 6) is -0.703. The van der Waals surface area contributed by atoms with E-state index < -0.39 is 11.8 Å². The molecule has 0 aromatic heterocycles. The normalized spacial score (nSPS) is 12.8. The zero-order valence-corrected chi connectivity index (χ0v) is 16.6. The fraction of sp³-hybridized carbons (Fsp3) is 0.0741. The van der Waals surface area contributed by atoms with E-state index in [0.29, 0.717) is 11.4 Å². The Labute approximate surface area is 177 Å². The first kappa shape index (κ1) is 19.5. The van der Waals surface area contributed by atoms with Gasteiger partial charge in [0.2, 0.25) is 0 Å². The fourth-order valence-corrected chi connectivity index (χ4v) is 3.88. The highest BCUT2D eigenvalue weighted by molar-refractivity contribution is 5.97. The lowest BCUT2D eigenvalue weighted by atomic mass is 9.77. The minimum atomic E-state index is -0.408. The molecule has 0 saturated heterocycles. The Morgan fingerprint density at radius 1 is 0.467 bits per heavy atom. The number of nitrogen functional groups attached to an aromatic ring is 2. The van der Waals surface area contributed by atoms with Crippen molar-refractivity contribution in [2.45, 2.75) is 11.8 Å². The number of rotatable bonds is 6. The number of carbonyl (C=O) groups is 1. The van der Waals surface area contributed by atoms with E-state index in [9.17, 15) is 4.79 Å².